The zero-order valence-electron chi connectivity index (χ0n) is 18.8. The summed E-state index contributed by atoms with van der Waals surface area (Å²) < 4.78 is 5.76. The second-order valence-electron chi connectivity index (χ2n) is 8.50. The zero-order chi connectivity index (χ0) is 24.3. The molecule has 0 radical (unpaired) electrons. The Hall–Kier alpha value is -3.71. The highest BCUT2D eigenvalue weighted by molar-refractivity contribution is 7.80. The Bertz CT molecular complexity index is 1370. The van der Waals surface area contributed by atoms with Gasteiger partial charge in [-0.3, -0.25) is 4.79 Å². The lowest BCUT2D eigenvalue weighted by atomic mass is 9.91. The zero-order valence-corrected chi connectivity index (χ0v) is 19.6. The summed E-state index contributed by atoms with van der Waals surface area (Å²) in [6.07, 6.45) is 0. The van der Waals surface area contributed by atoms with Gasteiger partial charge in [0.1, 0.15) is 17.1 Å². The lowest BCUT2D eigenvalue weighted by Crippen LogP contribution is -2.29. The predicted octanol–water partition coefficient (Wildman–Crippen LogP) is 5.55. The maximum Gasteiger partial charge on any atom is 0.336 e. The van der Waals surface area contributed by atoms with Crippen molar-refractivity contribution in [3.8, 4) is 28.2 Å². The number of thiocarbonyl (C=S) groups is 1. The number of carboxylic acid groups (broad SMARTS) is 1. The number of hydrogen-bond donors (Lipinski definition) is 3. The molecule has 2 aromatic rings. The first kappa shape index (κ1) is 23.9. The molecule has 0 bridgehead atoms. The van der Waals surface area contributed by atoms with Crippen LogP contribution in [0.1, 0.15) is 31.1 Å². The number of fused-ring (bicyclic) bond motifs is 2. The van der Waals surface area contributed by atoms with E-state index in [0.29, 0.717) is 33.4 Å². The molecule has 33 heavy (non-hydrogen) atoms. The fourth-order valence-corrected chi connectivity index (χ4v) is 3.41. The van der Waals surface area contributed by atoms with Crippen LogP contribution in [0.4, 0.5) is 0 Å². The van der Waals surface area contributed by atoms with Gasteiger partial charge in [-0.1, -0.05) is 51.2 Å². The Morgan fingerprint density at radius 1 is 1.00 bits per heavy atom. The highest BCUT2D eigenvalue weighted by atomic mass is 32.1. The van der Waals surface area contributed by atoms with E-state index in [1.807, 2.05) is 7.05 Å². The smallest absolute Gasteiger partial charge is 0.336 e. The molecular weight excluding hydrogens is 438 g/mol. The summed E-state index contributed by atoms with van der Waals surface area (Å²) in [4.78, 5) is 24.3. The number of rotatable bonds is 2. The van der Waals surface area contributed by atoms with Gasteiger partial charge in [-0.15, -0.1) is 0 Å². The minimum Gasteiger partial charge on any atom is -0.508 e. The first-order valence-electron chi connectivity index (χ1n) is 10.3. The number of phenols is 1. The van der Waals surface area contributed by atoms with E-state index < -0.39 is 5.97 Å². The summed E-state index contributed by atoms with van der Waals surface area (Å²) in [5.41, 5.74) is 2.23. The molecule has 1 heterocycles. The maximum absolute atomic E-state index is 11.7. The van der Waals surface area contributed by atoms with Crippen LogP contribution in [0.25, 0.3) is 33.4 Å². The van der Waals surface area contributed by atoms with E-state index in [-0.39, 0.29) is 22.2 Å². The van der Waals surface area contributed by atoms with Gasteiger partial charge in [-0.25, -0.2) is 4.79 Å². The lowest BCUT2D eigenvalue weighted by Gasteiger charge is -2.18. The summed E-state index contributed by atoms with van der Waals surface area (Å²) in [6.45, 7) is 6.27. The maximum atomic E-state index is 11.7. The molecule has 0 spiro atoms. The van der Waals surface area contributed by atoms with Crippen molar-refractivity contribution in [1.29, 1.82) is 0 Å². The third-order valence-electron chi connectivity index (χ3n) is 5.01. The van der Waals surface area contributed by atoms with E-state index in [1.165, 1.54) is 30.3 Å². The predicted molar refractivity (Wildman–Crippen MR) is 134 cm³/mol. The van der Waals surface area contributed by atoms with E-state index in [4.69, 9.17) is 16.6 Å². The van der Waals surface area contributed by atoms with Crippen LogP contribution in [0.15, 0.2) is 69.9 Å². The molecule has 4 rings (SSSR count). The molecule has 0 atom stereocenters. The van der Waals surface area contributed by atoms with Gasteiger partial charge in [0.2, 0.25) is 0 Å². The lowest BCUT2D eigenvalue weighted by molar-refractivity contribution is 0.0697. The second kappa shape index (κ2) is 9.42. The molecule has 0 fully saturated rings. The Labute approximate surface area is 196 Å². The summed E-state index contributed by atoms with van der Waals surface area (Å²) in [5.74, 6) is -0.691. The minimum atomic E-state index is -1.04. The average Bonchev–Trinajstić information content (AvgIpc) is 2.76. The van der Waals surface area contributed by atoms with Crippen LogP contribution in [0.5, 0.6) is 5.75 Å². The molecule has 7 heteroatoms. The minimum absolute atomic E-state index is 0.0198. The highest BCUT2D eigenvalue weighted by Crippen LogP contribution is 2.41. The largest absolute Gasteiger partial charge is 0.508 e. The van der Waals surface area contributed by atoms with Crippen LogP contribution in [-0.4, -0.2) is 28.2 Å². The number of aromatic hydroxyl groups is 1. The van der Waals surface area contributed by atoms with Crippen molar-refractivity contribution >= 4 is 34.1 Å². The van der Waals surface area contributed by atoms with E-state index in [1.54, 1.807) is 30.3 Å². The Morgan fingerprint density at radius 2 is 1.70 bits per heavy atom. The second-order valence-corrected chi connectivity index (χ2v) is 8.90. The van der Waals surface area contributed by atoms with Gasteiger partial charge >= 0.3 is 5.97 Å². The molecule has 0 saturated carbocycles. The van der Waals surface area contributed by atoms with Crippen molar-refractivity contribution in [2.45, 2.75) is 20.8 Å². The molecule has 1 aliphatic heterocycles. The van der Waals surface area contributed by atoms with Crippen LogP contribution in [0.2, 0.25) is 0 Å². The topological polar surface area (TPSA) is 99.8 Å². The first-order chi connectivity index (χ1) is 15.5. The number of aromatic carboxylic acids is 1. The van der Waals surface area contributed by atoms with E-state index in [9.17, 15) is 19.8 Å². The normalized spacial score (nSPS) is 11.0. The summed E-state index contributed by atoms with van der Waals surface area (Å²) in [7, 11) is 1.85. The van der Waals surface area contributed by atoms with E-state index in [2.05, 4.69) is 26.1 Å². The van der Waals surface area contributed by atoms with Crippen LogP contribution < -0.4 is 10.7 Å². The molecule has 1 aliphatic carbocycles. The average molecular weight is 464 g/mol. The monoisotopic (exact) mass is 463 g/mol. The number of hydrogen-bond acceptors (Lipinski definition) is 5. The standard InChI is InChI=1S/C20H12O5.C6H13NS/c21-11-5-7-15-17(9-11)25-18-10-12(22)6-8-16(18)19(15)13-3-1-2-4-14(13)20(23)24;1-6(2,3)5(8)7-4/h1-10,21H,(H,23,24);1-4H3,(H,7,8). The summed E-state index contributed by atoms with van der Waals surface area (Å²) >= 11 is 4.98. The fraction of sp³-hybridized carbons (Fsp3) is 0.192. The van der Waals surface area contributed by atoms with Gasteiger partial charge in [0.15, 0.2) is 5.43 Å². The molecule has 0 aromatic heterocycles. The van der Waals surface area contributed by atoms with Gasteiger partial charge < -0.3 is 19.9 Å². The third kappa shape index (κ3) is 5.21. The highest BCUT2D eigenvalue weighted by Gasteiger charge is 2.21. The van der Waals surface area contributed by atoms with Crippen LogP contribution in [0, 0.1) is 5.41 Å². The van der Waals surface area contributed by atoms with E-state index in [0.717, 1.165) is 4.99 Å². The number of carbonyl (C=O) groups is 1. The van der Waals surface area contributed by atoms with Crippen molar-refractivity contribution in [2.75, 3.05) is 7.05 Å². The SMILES string of the molecule is CNC(=S)C(C)(C)C.O=C(O)c1ccccc1-c1c2ccc(=O)cc-2oc2cc(O)ccc12. The van der Waals surface area contributed by atoms with Gasteiger partial charge in [-0.05, 0) is 35.9 Å². The van der Waals surface area contributed by atoms with Gasteiger partial charge in [-0.2, -0.15) is 0 Å². The summed E-state index contributed by atoms with van der Waals surface area (Å²) in [6, 6.07) is 15.7. The number of carboxylic acids is 1. The molecular formula is C26H25NO5S. The third-order valence-corrected chi connectivity index (χ3v) is 5.83. The Kier molecular flexibility index (Phi) is 6.84. The van der Waals surface area contributed by atoms with Gasteiger partial charge in [0, 0.05) is 41.1 Å². The molecule has 3 N–H and O–H groups in total. The molecule has 0 saturated heterocycles. The van der Waals surface area contributed by atoms with Crippen molar-refractivity contribution < 1.29 is 19.4 Å². The number of phenolic OH excluding ortho intramolecular Hbond substituents is 1. The van der Waals surface area contributed by atoms with Crippen molar-refractivity contribution in [1.82, 2.24) is 5.32 Å². The Morgan fingerprint density at radius 3 is 2.30 bits per heavy atom. The molecule has 0 amide bonds. The molecule has 2 aliphatic rings. The van der Waals surface area contributed by atoms with Gasteiger partial charge in [0.05, 0.1) is 10.6 Å². The van der Waals surface area contributed by atoms with E-state index >= 15 is 0 Å². The fourth-order valence-electron chi connectivity index (χ4n) is 3.41. The van der Waals surface area contributed by atoms with Gasteiger partial charge in [0.25, 0.3) is 0 Å². The van der Waals surface area contributed by atoms with Crippen LogP contribution >= 0.6 is 12.2 Å². The van der Waals surface area contributed by atoms with Crippen molar-refractivity contribution in [3.63, 3.8) is 0 Å². The quantitative estimate of drug-likeness (QED) is 0.265. The molecule has 2 aromatic carbocycles. The Balaban J connectivity index is 0.000000331. The molecule has 0 unspecified atom stereocenters. The van der Waals surface area contributed by atoms with Crippen molar-refractivity contribution in [2.24, 2.45) is 5.41 Å². The summed E-state index contributed by atoms with van der Waals surface area (Å²) in [5, 5.41) is 22.9. The number of nitrogens with one attached hydrogen (secondary N) is 1. The molecule has 170 valence electrons. The van der Waals surface area contributed by atoms with Crippen LogP contribution in [0.3, 0.4) is 0 Å². The number of benzene rings is 3. The van der Waals surface area contributed by atoms with Crippen molar-refractivity contribution in [3.05, 3.63) is 76.5 Å². The van der Waals surface area contributed by atoms with Crippen LogP contribution in [-0.2, 0) is 0 Å². The molecule has 6 nitrogen and oxygen atoms in total. The first-order valence-corrected chi connectivity index (χ1v) is 10.7.